The highest BCUT2D eigenvalue weighted by Crippen LogP contribution is 2.43. The summed E-state index contributed by atoms with van der Waals surface area (Å²) < 4.78 is 52.8. The number of aromatic amines is 1. The van der Waals surface area contributed by atoms with E-state index in [-0.39, 0.29) is 28.4 Å². The average Bonchev–Trinajstić information content (AvgIpc) is 3.32. The smallest absolute Gasteiger partial charge is 0.418 e. The summed E-state index contributed by atoms with van der Waals surface area (Å²) in [6.45, 7) is 10.2. The molecule has 2 aromatic heterocycles. The maximum atomic E-state index is 14.2. The van der Waals surface area contributed by atoms with Gasteiger partial charge in [0.25, 0.3) is 0 Å². The zero-order valence-electron chi connectivity index (χ0n) is 24.4. The second kappa shape index (κ2) is 12.3. The van der Waals surface area contributed by atoms with Crippen LogP contribution in [0.15, 0.2) is 35.4 Å². The molecule has 1 aliphatic heterocycles. The third kappa shape index (κ3) is 7.42. The van der Waals surface area contributed by atoms with E-state index in [4.69, 9.17) is 9.47 Å². The van der Waals surface area contributed by atoms with E-state index in [2.05, 4.69) is 20.6 Å². The number of H-pyrrole nitrogens is 1. The number of ether oxygens (including phenoxy) is 2. The molecule has 0 saturated carbocycles. The first-order valence-electron chi connectivity index (χ1n) is 13.6. The Morgan fingerprint density at radius 1 is 1.17 bits per heavy atom. The first kappa shape index (κ1) is 31.3. The maximum absolute atomic E-state index is 14.2. The van der Waals surface area contributed by atoms with Crippen molar-refractivity contribution in [2.24, 2.45) is 0 Å². The van der Waals surface area contributed by atoms with Gasteiger partial charge in [-0.1, -0.05) is 19.9 Å². The monoisotopic (exact) mass is 607 g/mol. The molecule has 228 valence electrons. The lowest BCUT2D eigenvalue weighted by Gasteiger charge is -2.34. The van der Waals surface area contributed by atoms with Gasteiger partial charge in [0, 0.05) is 41.5 Å². The predicted molar refractivity (Wildman–Crippen MR) is 158 cm³/mol. The lowest BCUT2D eigenvalue weighted by Crippen LogP contribution is -2.47. The van der Waals surface area contributed by atoms with Crippen LogP contribution in [0.4, 0.5) is 34.3 Å². The molecule has 3 N–H and O–H groups in total. The van der Waals surface area contributed by atoms with Gasteiger partial charge in [0.15, 0.2) is 0 Å². The fraction of sp³-hybridized carbons (Fsp3) is 0.483. The molecule has 1 aromatic carbocycles. The van der Waals surface area contributed by atoms with Crippen LogP contribution in [0.1, 0.15) is 53.0 Å². The molecule has 3 aromatic rings. The van der Waals surface area contributed by atoms with Gasteiger partial charge >= 0.3 is 18.4 Å². The van der Waals surface area contributed by atoms with Gasteiger partial charge in [0.05, 0.1) is 34.5 Å². The molecular weight excluding hydrogens is 571 g/mol. The molecule has 0 unspecified atom stereocenters. The zero-order chi connectivity index (χ0) is 30.8. The number of methoxy groups -OCH3 is 1. The van der Waals surface area contributed by atoms with Crippen molar-refractivity contribution in [3.63, 3.8) is 0 Å². The van der Waals surface area contributed by atoms with E-state index in [1.807, 2.05) is 13.8 Å². The number of nitrogens with one attached hydrogen (secondary N) is 3. The standard InChI is InChI=1S/C29H36F3N5O4S/c1-16(2)42-25-21(35-26(38)40-6)11-9-18-19(14-33-24(18)25)23-20(29(30,31)32)10-12-22(36-23)34-17-8-7-13-37(15-17)27(39)41-28(3,4)5/h9-12,14,16-17,33H,7-8,13,15H2,1-6H3,(H,34,36)(H,35,38)/t17-/m0/s1. The third-order valence-corrected chi connectivity index (χ3v) is 7.60. The number of pyridine rings is 1. The molecule has 0 bridgehead atoms. The number of rotatable bonds is 6. The quantitative estimate of drug-likeness (QED) is 0.246. The number of aromatic nitrogens is 2. The number of hydrogen-bond acceptors (Lipinski definition) is 7. The van der Waals surface area contributed by atoms with Gasteiger partial charge in [-0.3, -0.25) is 5.32 Å². The van der Waals surface area contributed by atoms with Crippen LogP contribution in [0.2, 0.25) is 0 Å². The van der Waals surface area contributed by atoms with Crippen molar-refractivity contribution in [1.29, 1.82) is 0 Å². The molecular formula is C29H36F3N5O4S. The lowest BCUT2D eigenvalue weighted by molar-refractivity contribution is -0.137. The zero-order valence-corrected chi connectivity index (χ0v) is 25.3. The van der Waals surface area contributed by atoms with E-state index in [1.54, 1.807) is 37.8 Å². The van der Waals surface area contributed by atoms with Crippen LogP contribution in [-0.2, 0) is 15.7 Å². The Labute approximate surface area is 246 Å². The summed E-state index contributed by atoms with van der Waals surface area (Å²) >= 11 is 1.46. The van der Waals surface area contributed by atoms with Gasteiger partial charge in [-0.25, -0.2) is 14.6 Å². The highest BCUT2D eigenvalue weighted by molar-refractivity contribution is 8.00. The molecule has 4 rings (SSSR count). The minimum Gasteiger partial charge on any atom is -0.453 e. The molecule has 0 radical (unpaired) electrons. The van der Waals surface area contributed by atoms with Crippen LogP contribution >= 0.6 is 11.8 Å². The Balaban J connectivity index is 1.70. The number of alkyl halides is 3. The number of halogens is 3. The highest BCUT2D eigenvalue weighted by atomic mass is 32.2. The molecule has 0 aliphatic carbocycles. The van der Waals surface area contributed by atoms with Gasteiger partial charge in [-0.2, -0.15) is 13.2 Å². The van der Waals surface area contributed by atoms with Crippen molar-refractivity contribution in [3.05, 3.63) is 36.0 Å². The van der Waals surface area contributed by atoms with Crippen molar-refractivity contribution < 1.29 is 32.2 Å². The average molecular weight is 608 g/mol. The van der Waals surface area contributed by atoms with E-state index < -0.39 is 29.5 Å². The fourth-order valence-corrected chi connectivity index (χ4v) is 5.76. The van der Waals surface area contributed by atoms with Gasteiger partial charge in [0.2, 0.25) is 0 Å². The second-order valence-electron chi connectivity index (χ2n) is 11.4. The Hall–Kier alpha value is -3.61. The molecule has 13 heteroatoms. The fourth-order valence-electron chi connectivity index (χ4n) is 4.76. The van der Waals surface area contributed by atoms with Gasteiger partial charge in [-0.15, -0.1) is 11.8 Å². The van der Waals surface area contributed by atoms with E-state index >= 15 is 0 Å². The van der Waals surface area contributed by atoms with Crippen LogP contribution in [0, 0.1) is 0 Å². The second-order valence-corrected chi connectivity index (χ2v) is 12.9. The Morgan fingerprint density at radius 3 is 2.55 bits per heavy atom. The number of amides is 2. The Bertz CT molecular complexity index is 1450. The molecule has 0 spiro atoms. The van der Waals surface area contributed by atoms with Crippen LogP contribution in [0.25, 0.3) is 22.2 Å². The molecule has 1 saturated heterocycles. The first-order valence-corrected chi connectivity index (χ1v) is 14.5. The van der Waals surface area contributed by atoms with Crippen molar-refractivity contribution in [3.8, 4) is 11.3 Å². The number of anilines is 2. The van der Waals surface area contributed by atoms with Crippen molar-refractivity contribution >= 4 is 46.4 Å². The number of hydrogen-bond donors (Lipinski definition) is 3. The van der Waals surface area contributed by atoms with Crippen molar-refractivity contribution in [1.82, 2.24) is 14.9 Å². The molecule has 2 amide bonds. The molecule has 1 atom stereocenters. The molecule has 9 nitrogen and oxygen atoms in total. The van der Waals surface area contributed by atoms with Crippen molar-refractivity contribution in [2.75, 3.05) is 30.8 Å². The normalized spacial score (nSPS) is 16.0. The molecule has 42 heavy (non-hydrogen) atoms. The topological polar surface area (TPSA) is 109 Å². The number of benzene rings is 1. The summed E-state index contributed by atoms with van der Waals surface area (Å²) in [7, 11) is 1.25. The molecule has 1 fully saturated rings. The number of carbonyl (C=O) groups is 2. The van der Waals surface area contributed by atoms with Gasteiger partial charge in [-0.05, 0) is 51.8 Å². The highest BCUT2D eigenvalue weighted by Gasteiger charge is 2.36. The molecule has 1 aliphatic rings. The van der Waals surface area contributed by atoms with Crippen LogP contribution < -0.4 is 10.6 Å². The minimum absolute atomic E-state index is 0.118. The van der Waals surface area contributed by atoms with Crippen LogP contribution in [0.5, 0.6) is 0 Å². The van der Waals surface area contributed by atoms with E-state index in [0.29, 0.717) is 41.0 Å². The van der Waals surface area contributed by atoms with Crippen LogP contribution in [0.3, 0.4) is 0 Å². The largest absolute Gasteiger partial charge is 0.453 e. The van der Waals surface area contributed by atoms with Crippen molar-refractivity contribution in [2.45, 2.75) is 75.4 Å². The number of thioether (sulfide) groups is 1. The lowest BCUT2D eigenvalue weighted by atomic mass is 10.0. The SMILES string of the molecule is COC(=O)Nc1ccc2c(-c3nc(N[C@H]4CCCN(C(=O)OC(C)(C)C)C4)ccc3C(F)(F)F)c[nH]c2c1SC(C)C. The minimum atomic E-state index is -4.65. The summed E-state index contributed by atoms with van der Waals surface area (Å²) in [4.78, 5) is 34.4. The first-order chi connectivity index (χ1) is 19.7. The summed E-state index contributed by atoms with van der Waals surface area (Å²) in [5.74, 6) is 0.268. The van der Waals surface area contributed by atoms with E-state index in [0.717, 1.165) is 12.5 Å². The Kier molecular flexibility index (Phi) is 9.19. The number of piperidine rings is 1. The van der Waals surface area contributed by atoms with Gasteiger partial charge < -0.3 is 24.7 Å². The predicted octanol–water partition coefficient (Wildman–Crippen LogP) is 7.74. The van der Waals surface area contributed by atoms with E-state index in [1.165, 1.54) is 31.1 Å². The van der Waals surface area contributed by atoms with E-state index in [9.17, 15) is 22.8 Å². The summed E-state index contributed by atoms with van der Waals surface area (Å²) in [6.07, 6.45) is -2.79. The number of nitrogens with zero attached hydrogens (tertiary/aromatic N) is 2. The Morgan fingerprint density at radius 2 is 1.90 bits per heavy atom. The third-order valence-electron chi connectivity index (χ3n) is 6.47. The molecule has 3 heterocycles. The number of likely N-dealkylation sites (tertiary alicyclic amines) is 1. The summed E-state index contributed by atoms with van der Waals surface area (Å²) in [6, 6.07) is 5.41. The maximum Gasteiger partial charge on any atom is 0.418 e. The number of carbonyl (C=O) groups excluding carboxylic acids is 2. The summed E-state index contributed by atoms with van der Waals surface area (Å²) in [5, 5.41) is 6.55. The number of fused-ring (bicyclic) bond motifs is 1. The summed E-state index contributed by atoms with van der Waals surface area (Å²) in [5.41, 5.74) is -0.408. The van der Waals surface area contributed by atoms with Gasteiger partial charge in [0.1, 0.15) is 11.4 Å². The van der Waals surface area contributed by atoms with Crippen LogP contribution in [-0.4, -0.2) is 64.1 Å².